The van der Waals surface area contributed by atoms with E-state index in [1.807, 2.05) is 0 Å². The predicted octanol–water partition coefficient (Wildman–Crippen LogP) is 1.66. The van der Waals surface area contributed by atoms with Crippen LogP contribution in [0, 0.1) is 10.1 Å². The molecule has 8 heteroatoms. The van der Waals surface area contributed by atoms with Gasteiger partial charge in [-0.05, 0) is 19.4 Å². The van der Waals surface area contributed by atoms with Crippen LogP contribution < -0.4 is 9.64 Å². The van der Waals surface area contributed by atoms with Crippen LogP contribution in [0.3, 0.4) is 0 Å². The molecule has 1 aliphatic heterocycles. The first-order chi connectivity index (χ1) is 10.4. The van der Waals surface area contributed by atoms with Crippen molar-refractivity contribution in [2.75, 3.05) is 12.0 Å². The van der Waals surface area contributed by atoms with Gasteiger partial charge in [-0.25, -0.2) is 4.79 Å². The molecule has 0 aliphatic carbocycles. The summed E-state index contributed by atoms with van der Waals surface area (Å²) >= 11 is 0. The van der Waals surface area contributed by atoms with Gasteiger partial charge in [0.25, 0.3) is 11.6 Å². The first-order valence-electron chi connectivity index (χ1n) is 6.76. The highest BCUT2D eigenvalue weighted by Gasteiger charge is 2.39. The second-order valence-corrected chi connectivity index (χ2v) is 4.83. The lowest BCUT2D eigenvalue weighted by atomic mass is 10.1. The molecule has 0 N–H and O–H groups in total. The molecule has 0 radical (unpaired) electrons. The quantitative estimate of drug-likeness (QED) is 0.476. The lowest BCUT2D eigenvalue weighted by Crippen LogP contribution is -2.52. The van der Waals surface area contributed by atoms with E-state index in [1.165, 1.54) is 37.1 Å². The highest BCUT2D eigenvalue weighted by atomic mass is 16.6. The molecular formula is C14H16N2O6. The fourth-order valence-corrected chi connectivity index (χ4v) is 2.32. The highest BCUT2D eigenvalue weighted by molar-refractivity contribution is 6.04. The number of nitrogens with zero attached hydrogens (tertiary/aromatic N) is 2. The van der Waals surface area contributed by atoms with Crippen LogP contribution in [-0.4, -0.2) is 36.1 Å². The third-order valence-corrected chi connectivity index (χ3v) is 3.50. The number of non-ortho nitro benzene ring substituents is 1. The molecule has 2 rings (SSSR count). The molecule has 22 heavy (non-hydrogen) atoms. The Hall–Kier alpha value is -2.64. The van der Waals surface area contributed by atoms with Gasteiger partial charge in [0.15, 0.2) is 6.10 Å². The van der Waals surface area contributed by atoms with Crippen LogP contribution >= 0.6 is 0 Å². The van der Waals surface area contributed by atoms with Gasteiger partial charge in [-0.1, -0.05) is 6.92 Å². The zero-order chi connectivity index (χ0) is 16.4. The number of hydrogen-bond donors (Lipinski definition) is 0. The number of nitro benzene ring substituents is 1. The summed E-state index contributed by atoms with van der Waals surface area (Å²) in [6, 6.07) is 3.04. The van der Waals surface area contributed by atoms with Crippen LogP contribution in [0.5, 0.6) is 5.75 Å². The van der Waals surface area contributed by atoms with E-state index >= 15 is 0 Å². The van der Waals surface area contributed by atoms with Gasteiger partial charge in [0, 0.05) is 12.1 Å². The first kappa shape index (κ1) is 15.7. The number of rotatable bonds is 4. The maximum atomic E-state index is 12.5. The highest BCUT2D eigenvalue weighted by Crippen LogP contribution is 2.38. The Bertz CT molecular complexity index is 630. The normalized spacial score (nSPS) is 18.2. The van der Waals surface area contributed by atoms with Crippen molar-refractivity contribution < 1.29 is 24.0 Å². The van der Waals surface area contributed by atoms with Crippen molar-refractivity contribution in [2.24, 2.45) is 0 Å². The summed E-state index contributed by atoms with van der Waals surface area (Å²) in [5.74, 6) is -0.705. The van der Waals surface area contributed by atoms with Gasteiger partial charge in [-0.3, -0.25) is 19.8 Å². The fraction of sp³-hybridized carbons (Fsp3) is 0.429. The second kappa shape index (κ2) is 6.00. The van der Waals surface area contributed by atoms with E-state index in [0.29, 0.717) is 12.2 Å². The molecule has 0 bridgehead atoms. The number of nitro groups is 1. The third-order valence-electron chi connectivity index (χ3n) is 3.50. The summed E-state index contributed by atoms with van der Waals surface area (Å²) in [4.78, 5) is 35.8. The van der Waals surface area contributed by atoms with E-state index in [0.717, 1.165) is 0 Å². The molecule has 2 atom stereocenters. The molecule has 2 unspecified atom stereocenters. The van der Waals surface area contributed by atoms with Gasteiger partial charge < -0.3 is 9.47 Å². The summed E-state index contributed by atoms with van der Waals surface area (Å²) in [5, 5.41) is 10.9. The molecule has 0 spiro atoms. The number of esters is 1. The number of amides is 1. The van der Waals surface area contributed by atoms with Crippen LogP contribution in [0.15, 0.2) is 18.2 Å². The Morgan fingerprint density at radius 1 is 1.55 bits per heavy atom. The van der Waals surface area contributed by atoms with E-state index < -0.39 is 28.9 Å². The predicted molar refractivity (Wildman–Crippen MR) is 76.8 cm³/mol. The van der Waals surface area contributed by atoms with Gasteiger partial charge in [0.1, 0.15) is 11.8 Å². The molecule has 0 saturated carbocycles. The Morgan fingerprint density at radius 3 is 2.77 bits per heavy atom. The number of benzene rings is 1. The molecule has 0 saturated heterocycles. The summed E-state index contributed by atoms with van der Waals surface area (Å²) in [5.41, 5.74) is 0.00830. The largest absolute Gasteiger partial charge is 0.478 e. The number of fused-ring (bicyclic) bond motifs is 1. The number of carbonyl (C=O) groups is 2. The molecular weight excluding hydrogens is 292 g/mol. The molecule has 1 aromatic carbocycles. The lowest BCUT2D eigenvalue weighted by molar-refractivity contribution is -0.384. The zero-order valence-corrected chi connectivity index (χ0v) is 12.4. The SMILES string of the molecule is CCC1Oc2ccc([N+](=O)[O-])cc2N(C(C)C(=O)OC)C1=O. The summed E-state index contributed by atoms with van der Waals surface area (Å²) in [6.07, 6.45) is -0.319. The number of anilines is 1. The Balaban J connectivity index is 2.55. The monoisotopic (exact) mass is 308 g/mol. The first-order valence-corrected chi connectivity index (χ1v) is 6.76. The van der Waals surface area contributed by atoms with Crippen molar-refractivity contribution in [1.82, 2.24) is 0 Å². The van der Waals surface area contributed by atoms with Gasteiger partial charge in [-0.2, -0.15) is 0 Å². The van der Waals surface area contributed by atoms with Crippen molar-refractivity contribution in [2.45, 2.75) is 32.4 Å². The molecule has 1 heterocycles. The third kappa shape index (κ3) is 2.59. The number of carbonyl (C=O) groups excluding carboxylic acids is 2. The van der Waals surface area contributed by atoms with Crippen molar-refractivity contribution >= 4 is 23.3 Å². The smallest absolute Gasteiger partial charge is 0.328 e. The van der Waals surface area contributed by atoms with Crippen LogP contribution in [0.2, 0.25) is 0 Å². The Labute approximate surface area is 126 Å². The second-order valence-electron chi connectivity index (χ2n) is 4.83. The Kier molecular flexibility index (Phi) is 4.30. The lowest BCUT2D eigenvalue weighted by Gasteiger charge is -2.36. The number of methoxy groups -OCH3 is 1. The van der Waals surface area contributed by atoms with E-state index in [4.69, 9.17) is 4.74 Å². The van der Waals surface area contributed by atoms with Gasteiger partial charge in [-0.15, -0.1) is 0 Å². The van der Waals surface area contributed by atoms with Gasteiger partial charge in [0.05, 0.1) is 17.7 Å². The van der Waals surface area contributed by atoms with E-state index in [9.17, 15) is 19.7 Å². The molecule has 0 aromatic heterocycles. The van der Waals surface area contributed by atoms with E-state index in [2.05, 4.69) is 4.74 Å². The molecule has 118 valence electrons. The Morgan fingerprint density at radius 2 is 2.23 bits per heavy atom. The summed E-state index contributed by atoms with van der Waals surface area (Å²) in [6.45, 7) is 3.28. The summed E-state index contributed by atoms with van der Waals surface area (Å²) in [7, 11) is 1.22. The van der Waals surface area contributed by atoms with Crippen LogP contribution in [-0.2, 0) is 14.3 Å². The standard InChI is InChI=1S/C14H16N2O6/c1-4-11-13(17)15(8(2)14(18)21-3)10-7-9(16(19)20)5-6-12(10)22-11/h5-8,11H,4H2,1-3H3. The maximum Gasteiger partial charge on any atom is 0.328 e. The minimum Gasteiger partial charge on any atom is -0.478 e. The average Bonchev–Trinajstić information content (AvgIpc) is 2.52. The van der Waals surface area contributed by atoms with Crippen molar-refractivity contribution in [3.05, 3.63) is 28.3 Å². The minimum absolute atomic E-state index is 0.188. The molecule has 8 nitrogen and oxygen atoms in total. The van der Waals surface area contributed by atoms with Gasteiger partial charge >= 0.3 is 5.97 Å². The fourth-order valence-electron chi connectivity index (χ4n) is 2.32. The average molecular weight is 308 g/mol. The van der Waals surface area contributed by atoms with Crippen LogP contribution in [0.25, 0.3) is 0 Å². The van der Waals surface area contributed by atoms with Crippen molar-refractivity contribution in [3.8, 4) is 5.75 Å². The van der Waals surface area contributed by atoms with Crippen LogP contribution in [0.1, 0.15) is 20.3 Å². The molecule has 1 aliphatic rings. The topological polar surface area (TPSA) is 99.0 Å². The van der Waals surface area contributed by atoms with Gasteiger partial charge in [0.2, 0.25) is 0 Å². The van der Waals surface area contributed by atoms with E-state index in [1.54, 1.807) is 6.92 Å². The van der Waals surface area contributed by atoms with Crippen molar-refractivity contribution in [1.29, 1.82) is 0 Å². The number of ether oxygens (including phenoxy) is 2. The molecule has 1 amide bonds. The minimum atomic E-state index is -0.906. The van der Waals surface area contributed by atoms with Crippen LogP contribution in [0.4, 0.5) is 11.4 Å². The van der Waals surface area contributed by atoms with Crippen molar-refractivity contribution in [3.63, 3.8) is 0 Å². The summed E-state index contributed by atoms with van der Waals surface area (Å²) < 4.78 is 10.2. The zero-order valence-electron chi connectivity index (χ0n) is 12.4. The molecule has 1 aromatic rings. The molecule has 0 fully saturated rings. The van der Waals surface area contributed by atoms with E-state index in [-0.39, 0.29) is 11.4 Å². The number of hydrogen-bond acceptors (Lipinski definition) is 6. The maximum absolute atomic E-state index is 12.5.